The van der Waals surface area contributed by atoms with Crippen LogP contribution in [0.5, 0.6) is 0 Å². The molecule has 0 radical (unpaired) electrons. The van der Waals surface area contributed by atoms with Crippen LogP contribution >= 0.6 is 0 Å². The standard InChI is InChI=1S/C13H17N5O/c1-8-4-18(5-13(8,19)9-2-3-9)12-10-11(15-6-14-10)16-7-17-12/h6-9,19H,2-5H2,1H3,(H,14,15,16,17)/t8-,13+/m1/s1. The van der Waals surface area contributed by atoms with Crippen LogP contribution in [-0.2, 0) is 0 Å². The first-order valence-corrected chi connectivity index (χ1v) is 6.80. The minimum Gasteiger partial charge on any atom is -0.387 e. The van der Waals surface area contributed by atoms with Crippen LogP contribution in [0.1, 0.15) is 19.8 Å². The zero-order chi connectivity index (χ0) is 13.0. The molecule has 0 unspecified atom stereocenters. The van der Waals surface area contributed by atoms with Crippen LogP contribution in [0.3, 0.4) is 0 Å². The molecular weight excluding hydrogens is 242 g/mol. The highest BCUT2D eigenvalue weighted by atomic mass is 16.3. The molecule has 2 aliphatic rings. The molecule has 2 aromatic rings. The molecule has 100 valence electrons. The number of aromatic amines is 1. The third-order valence-electron chi connectivity index (χ3n) is 4.58. The van der Waals surface area contributed by atoms with Crippen LogP contribution in [0, 0.1) is 11.8 Å². The molecule has 0 bridgehead atoms. The van der Waals surface area contributed by atoms with Crippen LogP contribution in [0.25, 0.3) is 11.2 Å². The summed E-state index contributed by atoms with van der Waals surface area (Å²) in [5.41, 5.74) is 0.978. The monoisotopic (exact) mass is 259 g/mol. The Morgan fingerprint density at radius 1 is 1.37 bits per heavy atom. The van der Waals surface area contributed by atoms with Gasteiger partial charge in [-0.05, 0) is 18.8 Å². The first-order chi connectivity index (χ1) is 9.18. The van der Waals surface area contributed by atoms with E-state index in [1.165, 1.54) is 6.33 Å². The largest absolute Gasteiger partial charge is 0.387 e. The van der Waals surface area contributed by atoms with Crippen LogP contribution in [0.15, 0.2) is 12.7 Å². The lowest BCUT2D eigenvalue weighted by Crippen LogP contribution is -2.39. The summed E-state index contributed by atoms with van der Waals surface area (Å²) in [5.74, 6) is 1.59. The van der Waals surface area contributed by atoms with Crippen molar-refractivity contribution < 1.29 is 5.11 Å². The maximum absolute atomic E-state index is 10.8. The zero-order valence-electron chi connectivity index (χ0n) is 10.9. The fourth-order valence-corrected chi connectivity index (χ4v) is 3.28. The second-order valence-corrected chi connectivity index (χ2v) is 5.85. The molecule has 1 aliphatic carbocycles. The third kappa shape index (κ3) is 1.56. The van der Waals surface area contributed by atoms with Crippen molar-refractivity contribution in [1.82, 2.24) is 19.9 Å². The Morgan fingerprint density at radius 3 is 3.00 bits per heavy atom. The van der Waals surface area contributed by atoms with Gasteiger partial charge in [-0.3, -0.25) is 0 Å². The van der Waals surface area contributed by atoms with Gasteiger partial charge in [0.25, 0.3) is 0 Å². The SMILES string of the molecule is C[C@@H]1CN(c2ncnc3nc[nH]c23)C[C@@]1(O)C1CC1. The van der Waals surface area contributed by atoms with E-state index in [0.29, 0.717) is 18.1 Å². The summed E-state index contributed by atoms with van der Waals surface area (Å²) in [7, 11) is 0. The van der Waals surface area contributed by atoms with Crippen molar-refractivity contribution in [3.05, 3.63) is 12.7 Å². The number of aromatic nitrogens is 4. The minimum atomic E-state index is -0.558. The lowest BCUT2D eigenvalue weighted by Gasteiger charge is -2.26. The fourth-order valence-electron chi connectivity index (χ4n) is 3.28. The number of rotatable bonds is 2. The maximum Gasteiger partial charge on any atom is 0.182 e. The summed E-state index contributed by atoms with van der Waals surface area (Å²) < 4.78 is 0. The molecule has 0 spiro atoms. The Hall–Kier alpha value is -1.69. The van der Waals surface area contributed by atoms with Crippen LogP contribution < -0.4 is 4.90 Å². The highest BCUT2D eigenvalue weighted by Gasteiger charge is 2.52. The number of nitrogens with one attached hydrogen (secondary N) is 1. The number of hydrogen-bond donors (Lipinski definition) is 2. The molecule has 6 heteroatoms. The quantitative estimate of drug-likeness (QED) is 0.839. The number of fused-ring (bicyclic) bond motifs is 1. The highest BCUT2D eigenvalue weighted by Crippen LogP contribution is 2.47. The Kier molecular flexibility index (Phi) is 2.15. The molecular formula is C13H17N5O. The van der Waals surface area contributed by atoms with Gasteiger partial charge < -0.3 is 15.0 Å². The van der Waals surface area contributed by atoms with Crippen molar-refractivity contribution in [2.24, 2.45) is 11.8 Å². The smallest absolute Gasteiger partial charge is 0.182 e. The van der Waals surface area contributed by atoms with Gasteiger partial charge in [-0.2, -0.15) is 0 Å². The highest BCUT2D eigenvalue weighted by molar-refractivity contribution is 5.82. The lowest BCUT2D eigenvalue weighted by molar-refractivity contribution is 0.00282. The van der Waals surface area contributed by atoms with Crippen molar-refractivity contribution in [3.63, 3.8) is 0 Å². The molecule has 0 amide bonds. The normalized spacial score (nSPS) is 31.3. The molecule has 3 heterocycles. The number of anilines is 1. The summed E-state index contributed by atoms with van der Waals surface area (Å²) in [6.07, 6.45) is 5.48. The number of imidazole rings is 1. The van der Waals surface area contributed by atoms with E-state index in [1.807, 2.05) is 0 Å². The summed E-state index contributed by atoms with van der Waals surface area (Å²) >= 11 is 0. The second kappa shape index (κ2) is 3.66. The van der Waals surface area contributed by atoms with E-state index in [4.69, 9.17) is 0 Å². The van der Waals surface area contributed by atoms with E-state index in [0.717, 1.165) is 30.7 Å². The van der Waals surface area contributed by atoms with Crippen molar-refractivity contribution >= 4 is 17.0 Å². The molecule has 4 rings (SSSR count). The zero-order valence-corrected chi connectivity index (χ0v) is 10.9. The summed E-state index contributed by atoms with van der Waals surface area (Å²) in [6.45, 7) is 3.62. The average molecular weight is 259 g/mol. The van der Waals surface area contributed by atoms with Gasteiger partial charge >= 0.3 is 0 Å². The minimum absolute atomic E-state index is 0.271. The first kappa shape index (κ1) is 11.2. The van der Waals surface area contributed by atoms with Gasteiger partial charge in [-0.15, -0.1) is 0 Å². The Labute approximate surface area is 110 Å². The van der Waals surface area contributed by atoms with E-state index in [1.54, 1.807) is 6.33 Å². The lowest BCUT2D eigenvalue weighted by atomic mass is 9.88. The summed E-state index contributed by atoms with van der Waals surface area (Å²) in [4.78, 5) is 17.9. The van der Waals surface area contributed by atoms with Gasteiger partial charge in [0.15, 0.2) is 11.5 Å². The molecule has 2 aromatic heterocycles. The molecule has 1 saturated carbocycles. The topological polar surface area (TPSA) is 77.9 Å². The van der Waals surface area contributed by atoms with Gasteiger partial charge in [-0.1, -0.05) is 6.92 Å². The Morgan fingerprint density at radius 2 is 2.21 bits per heavy atom. The number of aliphatic hydroxyl groups is 1. The van der Waals surface area contributed by atoms with E-state index >= 15 is 0 Å². The molecule has 2 N–H and O–H groups in total. The summed E-state index contributed by atoms with van der Waals surface area (Å²) in [6, 6.07) is 0. The summed E-state index contributed by atoms with van der Waals surface area (Å²) in [5, 5.41) is 10.8. The second-order valence-electron chi connectivity index (χ2n) is 5.85. The van der Waals surface area contributed by atoms with Crippen LogP contribution in [0.2, 0.25) is 0 Å². The predicted molar refractivity (Wildman–Crippen MR) is 70.7 cm³/mol. The molecule has 6 nitrogen and oxygen atoms in total. The Bertz CT molecular complexity index is 622. The molecule has 1 saturated heterocycles. The van der Waals surface area contributed by atoms with Crippen LogP contribution in [-0.4, -0.2) is 43.7 Å². The fraction of sp³-hybridized carbons (Fsp3) is 0.615. The third-order valence-corrected chi connectivity index (χ3v) is 4.58. The number of β-amino-alcohol motifs (C(OH)–C–C–N with tert-alkyl or cyclic N) is 1. The number of hydrogen-bond acceptors (Lipinski definition) is 5. The number of H-pyrrole nitrogens is 1. The van der Waals surface area contributed by atoms with Crippen molar-refractivity contribution in [2.75, 3.05) is 18.0 Å². The van der Waals surface area contributed by atoms with Crippen molar-refractivity contribution in [3.8, 4) is 0 Å². The van der Waals surface area contributed by atoms with Gasteiger partial charge in [0.05, 0.1) is 11.9 Å². The maximum atomic E-state index is 10.8. The van der Waals surface area contributed by atoms with E-state index in [-0.39, 0.29) is 5.92 Å². The van der Waals surface area contributed by atoms with E-state index in [9.17, 15) is 5.11 Å². The van der Waals surface area contributed by atoms with Gasteiger partial charge in [-0.25, -0.2) is 15.0 Å². The van der Waals surface area contributed by atoms with Gasteiger partial charge in [0.2, 0.25) is 0 Å². The van der Waals surface area contributed by atoms with E-state index in [2.05, 4.69) is 31.8 Å². The number of nitrogens with zero attached hydrogens (tertiary/aromatic N) is 4. The van der Waals surface area contributed by atoms with E-state index < -0.39 is 5.60 Å². The predicted octanol–water partition coefficient (Wildman–Crippen LogP) is 0.950. The van der Waals surface area contributed by atoms with Gasteiger partial charge in [0.1, 0.15) is 11.8 Å². The van der Waals surface area contributed by atoms with Gasteiger partial charge in [0, 0.05) is 19.0 Å². The van der Waals surface area contributed by atoms with Crippen molar-refractivity contribution in [2.45, 2.75) is 25.4 Å². The van der Waals surface area contributed by atoms with Crippen LogP contribution in [0.4, 0.5) is 5.82 Å². The Balaban J connectivity index is 1.72. The first-order valence-electron chi connectivity index (χ1n) is 6.80. The molecule has 1 aliphatic heterocycles. The molecule has 2 fully saturated rings. The average Bonchev–Trinajstić information content (AvgIpc) is 3.08. The van der Waals surface area contributed by atoms with Crippen molar-refractivity contribution in [1.29, 1.82) is 0 Å². The molecule has 19 heavy (non-hydrogen) atoms. The molecule has 0 aromatic carbocycles. The molecule has 2 atom stereocenters.